The minimum atomic E-state index is 0.0757. The minimum absolute atomic E-state index is 0.0757. The molecule has 1 saturated carbocycles. The van der Waals surface area contributed by atoms with E-state index in [-0.39, 0.29) is 6.10 Å². The molecule has 1 aromatic carbocycles. The Morgan fingerprint density at radius 1 is 1.17 bits per heavy atom. The highest BCUT2D eigenvalue weighted by atomic mass is 16.5. The van der Waals surface area contributed by atoms with Gasteiger partial charge in [0, 0.05) is 55.7 Å². The molecule has 1 aromatic heterocycles. The summed E-state index contributed by atoms with van der Waals surface area (Å²) >= 11 is 0. The van der Waals surface area contributed by atoms with Gasteiger partial charge in [0.05, 0.1) is 11.8 Å². The number of nitrogens with two attached hydrogens (primary N) is 1. The van der Waals surface area contributed by atoms with Gasteiger partial charge in [0.15, 0.2) is 0 Å². The molecule has 6 nitrogen and oxygen atoms in total. The van der Waals surface area contributed by atoms with Crippen LogP contribution < -0.4 is 15.4 Å². The van der Waals surface area contributed by atoms with E-state index in [0.717, 1.165) is 49.2 Å². The zero-order valence-corrected chi connectivity index (χ0v) is 17.4. The Morgan fingerprint density at radius 3 is 2.62 bits per heavy atom. The summed E-state index contributed by atoms with van der Waals surface area (Å²) in [7, 11) is 0. The lowest BCUT2D eigenvalue weighted by molar-refractivity contribution is 0.242. The second-order valence-corrected chi connectivity index (χ2v) is 8.42. The monoisotopic (exact) mass is 393 g/mol. The van der Waals surface area contributed by atoms with Crippen LogP contribution >= 0.6 is 0 Å². The number of hydrogen-bond acceptors (Lipinski definition) is 6. The van der Waals surface area contributed by atoms with E-state index in [0.29, 0.717) is 17.0 Å². The predicted molar refractivity (Wildman–Crippen MR) is 118 cm³/mol. The summed E-state index contributed by atoms with van der Waals surface area (Å²) in [4.78, 5) is 9.46. The van der Waals surface area contributed by atoms with Crippen LogP contribution in [0.2, 0.25) is 0 Å². The Balaban J connectivity index is 1.47. The number of anilines is 2. The Kier molecular flexibility index (Phi) is 5.72. The first-order valence-electron chi connectivity index (χ1n) is 10.6. The molecule has 29 heavy (non-hydrogen) atoms. The summed E-state index contributed by atoms with van der Waals surface area (Å²) < 4.78 is 5.78. The molecule has 6 heteroatoms. The van der Waals surface area contributed by atoms with Gasteiger partial charge in [-0.05, 0) is 62.9 Å². The van der Waals surface area contributed by atoms with Gasteiger partial charge in [0.1, 0.15) is 11.6 Å². The molecular formula is C23H31N5O. The van der Waals surface area contributed by atoms with Crippen molar-refractivity contribution in [2.24, 2.45) is 5.92 Å². The lowest BCUT2D eigenvalue weighted by Crippen LogP contribution is -2.47. The van der Waals surface area contributed by atoms with Crippen LogP contribution in [0, 0.1) is 11.3 Å². The maximum atomic E-state index is 8.73. The quantitative estimate of drug-likeness (QED) is 0.557. The van der Waals surface area contributed by atoms with Crippen molar-refractivity contribution >= 4 is 17.2 Å². The maximum absolute atomic E-state index is 8.73. The highest BCUT2D eigenvalue weighted by Gasteiger charge is 2.26. The standard InChI is InChI=1S/C23H31N5O/c1-16(2)29-19-5-6-21(24)20(14-19)23(25)18-7-8-26-22(13-18)28-11-9-27(10-12-28)15-17-3-4-17/h5-8,13-14,16-17,25H,3-4,9-12,15,24H2,1-2H3. The minimum Gasteiger partial charge on any atom is -0.491 e. The van der Waals surface area contributed by atoms with Crippen molar-refractivity contribution in [1.29, 1.82) is 5.41 Å². The number of piperazine rings is 1. The molecule has 1 aliphatic carbocycles. The van der Waals surface area contributed by atoms with Crippen LogP contribution in [0.25, 0.3) is 0 Å². The Bertz CT molecular complexity index is 869. The first-order valence-corrected chi connectivity index (χ1v) is 10.6. The molecule has 2 aliphatic rings. The van der Waals surface area contributed by atoms with Crippen LogP contribution in [0.15, 0.2) is 36.5 Å². The molecule has 0 unspecified atom stereocenters. The average Bonchev–Trinajstić information content (AvgIpc) is 3.53. The number of nitrogens with zero attached hydrogens (tertiary/aromatic N) is 3. The Morgan fingerprint density at radius 2 is 1.93 bits per heavy atom. The van der Waals surface area contributed by atoms with E-state index in [9.17, 15) is 0 Å². The topological polar surface area (TPSA) is 78.5 Å². The number of benzene rings is 1. The Hall–Kier alpha value is -2.60. The molecule has 0 bridgehead atoms. The Labute approximate surface area is 173 Å². The fourth-order valence-electron chi connectivity index (χ4n) is 3.82. The summed E-state index contributed by atoms with van der Waals surface area (Å²) in [6.07, 6.45) is 4.67. The van der Waals surface area contributed by atoms with E-state index in [1.165, 1.54) is 19.4 Å². The molecule has 2 fully saturated rings. The van der Waals surface area contributed by atoms with E-state index in [2.05, 4.69) is 14.8 Å². The average molecular weight is 394 g/mol. The molecule has 2 aromatic rings. The zero-order chi connectivity index (χ0) is 20.4. The molecule has 0 spiro atoms. The lowest BCUT2D eigenvalue weighted by atomic mass is 10.0. The fourth-order valence-corrected chi connectivity index (χ4v) is 3.82. The second kappa shape index (κ2) is 8.41. The number of nitrogens with one attached hydrogen (secondary N) is 1. The van der Waals surface area contributed by atoms with E-state index in [1.807, 2.05) is 44.2 Å². The van der Waals surface area contributed by atoms with Gasteiger partial charge in [-0.2, -0.15) is 0 Å². The normalized spacial score (nSPS) is 17.6. The fraction of sp³-hybridized carbons (Fsp3) is 0.478. The number of pyridine rings is 1. The number of nitrogen functional groups attached to an aromatic ring is 1. The van der Waals surface area contributed by atoms with Crippen LogP contribution in [0.4, 0.5) is 11.5 Å². The van der Waals surface area contributed by atoms with Crippen LogP contribution in [0.1, 0.15) is 37.8 Å². The lowest BCUT2D eigenvalue weighted by Gasteiger charge is -2.35. The predicted octanol–water partition coefficient (Wildman–Crippen LogP) is 3.40. The molecule has 1 saturated heterocycles. The molecule has 0 radical (unpaired) electrons. The van der Waals surface area contributed by atoms with Crippen molar-refractivity contribution in [3.05, 3.63) is 47.7 Å². The number of hydrogen-bond donors (Lipinski definition) is 2. The van der Waals surface area contributed by atoms with E-state index >= 15 is 0 Å². The first kappa shape index (κ1) is 19.7. The van der Waals surface area contributed by atoms with Gasteiger partial charge in [-0.1, -0.05) is 0 Å². The third-order valence-electron chi connectivity index (χ3n) is 5.61. The van der Waals surface area contributed by atoms with Crippen molar-refractivity contribution in [3.8, 4) is 5.75 Å². The SMILES string of the molecule is CC(C)Oc1ccc(N)c(C(=N)c2ccnc(N3CCN(CC4CC4)CC3)c2)c1. The van der Waals surface area contributed by atoms with Crippen LogP contribution in [0.5, 0.6) is 5.75 Å². The molecular weight excluding hydrogens is 362 g/mol. The summed E-state index contributed by atoms with van der Waals surface area (Å²) in [6, 6.07) is 9.40. The largest absolute Gasteiger partial charge is 0.491 e. The van der Waals surface area contributed by atoms with Gasteiger partial charge in [0.2, 0.25) is 0 Å². The third-order valence-corrected chi connectivity index (χ3v) is 5.61. The first-order chi connectivity index (χ1) is 14.0. The molecule has 3 N–H and O–H groups in total. The highest BCUT2D eigenvalue weighted by Crippen LogP contribution is 2.30. The van der Waals surface area contributed by atoms with Gasteiger partial charge >= 0.3 is 0 Å². The summed E-state index contributed by atoms with van der Waals surface area (Å²) in [5.74, 6) is 2.60. The number of aromatic nitrogens is 1. The molecule has 0 amide bonds. The van der Waals surface area contributed by atoms with E-state index in [1.54, 1.807) is 6.20 Å². The van der Waals surface area contributed by atoms with Gasteiger partial charge in [-0.25, -0.2) is 4.98 Å². The third kappa shape index (κ3) is 4.88. The smallest absolute Gasteiger partial charge is 0.129 e. The van der Waals surface area contributed by atoms with Crippen LogP contribution in [-0.2, 0) is 0 Å². The van der Waals surface area contributed by atoms with Gasteiger partial charge in [-0.15, -0.1) is 0 Å². The zero-order valence-electron chi connectivity index (χ0n) is 17.4. The van der Waals surface area contributed by atoms with Gasteiger partial charge in [-0.3, -0.25) is 10.3 Å². The highest BCUT2D eigenvalue weighted by molar-refractivity contribution is 6.14. The van der Waals surface area contributed by atoms with Crippen LogP contribution in [0.3, 0.4) is 0 Å². The summed E-state index contributed by atoms with van der Waals surface area (Å²) in [6.45, 7) is 9.36. The van der Waals surface area contributed by atoms with Gasteiger partial charge < -0.3 is 15.4 Å². The van der Waals surface area contributed by atoms with Crippen molar-refractivity contribution in [2.75, 3.05) is 43.4 Å². The van der Waals surface area contributed by atoms with Crippen molar-refractivity contribution in [3.63, 3.8) is 0 Å². The molecule has 2 heterocycles. The summed E-state index contributed by atoms with van der Waals surface area (Å²) in [5.41, 5.74) is 8.66. The molecule has 154 valence electrons. The summed E-state index contributed by atoms with van der Waals surface area (Å²) in [5, 5.41) is 8.73. The second-order valence-electron chi connectivity index (χ2n) is 8.42. The molecule has 0 atom stereocenters. The van der Waals surface area contributed by atoms with Crippen molar-refractivity contribution in [1.82, 2.24) is 9.88 Å². The van der Waals surface area contributed by atoms with Crippen molar-refractivity contribution < 1.29 is 4.74 Å². The number of rotatable bonds is 7. The number of ether oxygens (including phenoxy) is 1. The van der Waals surface area contributed by atoms with E-state index in [4.69, 9.17) is 15.9 Å². The van der Waals surface area contributed by atoms with E-state index < -0.39 is 0 Å². The van der Waals surface area contributed by atoms with Crippen LogP contribution in [-0.4, -0.2) is 54.4 Å². The van der Waals surface area contributed by atoms with Gasteiger partial charge in [0.25, 0.3) is 0 Å². The molecule has 1 aliphatic heterocycles. The molecule has 4 rings (SSSR count). The maximum Gasteiger partial charge on any atom is 0.129 e. The van der Waals surface area contributed by atoms with Crippen molar-refractivity contribution in [2.45, 2.75) is 32.8 Å².